The SMILES string of the molecule is O=C(O)CCCCCC(C(=O)O)(c1ccccc1)c1ccccc1. The van der Waals surface area contributed by atoms with Gasteiger partial charge in [-0.2, -0.15) is 0 Å². The van der Waals surface area contributed by atoms with Crippen LogP contribution in [0.1, 0.15) is 43.2 Å². The third-order valence-corrected chi connectivity index (χ3v) is 4.34. The van der Waals surface area contributed by atoms with Crippen LogP contribution in [-0.2, 0) is 15.0 Å². The minimum absolute atomic E-state index is 0.122. The average molecular weight is 326 g/mol. The number of aliphatic carboxylic acids is 2. The van der Waals surface area contributed by atoms with Gasteiger partial charge in [0.1, 0.15) is 5.41 Å². The Balaban J connectivity index is 2.30. The van der Waals surface area contributed by atoms with Gasteiger partial charge >= 0.3 is 11.9 Å². The molecule has 0 amide bonds. The molecule has 2 aromatic rings. The molecule has 0 spiro atoms. The highest BCUT2D eigenvalue weighted by Gasteiger charge is 2.41. The Morgan fingerprint density at radius 2 is 1.25 bits per heavy atom. The van der Waals surface area contributed by atoms with Gasteiger partial charge in [0.25, 0.3) is 0 Å². The quantitative estimate of drug-likeness (QED) is 0.681. The Labute approximate surface area is 141 Å². The zero-order chi connectivity index (χ0) is 17.4. The number of hydrogen-bond acceptors (Lipinski definition) is 2. The molecule has 126 valence electrons. The number of rotatable bonds is 9. The lowest BCUT2D eigenvalue weighted by molar-refractivity contribution is -0.142. The Morgan fingerprint density at radius 3 is 1.67 bits per heavy atom. The number of carbonyl (C=O) groups is 2. The molecule has 2 rings (SSSR count). The summed E-state index contributed by atoms with van der Waals surface area (Å²) in [6, 6.07) is 18.5. The van der Waals surface area contributed by atoms with Crippen molar-refractivity contribution >= 4 is 11.9 Å². The van der Waals surface area contributed by atoms with Crippen LogP contribution in [0.4, 0.5) is 0 Å². The zero-order valence-corrected chi connectivity index (χ0v) is 13.5. The predicted molar refractivity (Wildman–Crippen MR) is 92.0 cm³/mol. The van der Waals surface area contributed by atoms with Crippen LogP contribution in [0.15, 0.2) is 60.7 Å². The van der Waals surface area contributed by atoms with Crippen LogP contribution in [0.5, 0.6) is 0 Å². The third kappa shape index (κ3) is 4.02. The molecule has 0 atom stereocenters. The van der Waals surface area contributed by atoms with Gasteiger partial charge in [-0.15, -0.1) is 0 Å². The fraction of sp³-hybridized carbons (Fsp3) is 0.300. The average Bonchev–Trinajstić information content (AvgIpc) is 2.59. The molecule has 0 bridgehead atoms. The van der Waals surface area contributed by atoms with Crippen molar-refractivity contribution < 1.29 is 19.8 Å². The maximum absolute atomic E-state index is 12.3. The molecule has 0 aromatic heterocycles. The van der Waals surface area contributed by atoms with Crippen LogP contribution in [0, 0.1) is 0 Å². The van der Waals surface area contributed by atoms with E-state index in [1.54, 1.807) is 0 Å². The van der Waals surface area contributed by atoms with E-state index in [0.717, 1.165) is 11.1 Å². The van der Waals surface area contributed by atoms with Gasteiger partial charge in [-0.05, 0) is 24.0 Å². The summed E-state index contributed by atoms with van der Waals surface area (Å²) in [5, 5.41) is 18.8. The lowest BCUT2D eigenvalue weighted by atomic mass is 9.71. The van der Waals surface area contributed by atoms with Crippen LogP contribution in [0.25, 0.3) is 0 Å². The number of carboxylic acids is 2. The van der Waals surface area contributed by atoms with Crippen LogP contribution >= 0.6 is 0 Å². The van der Waals surface area contributed by atoms with Crippen molar-refractivity contribution in [3.8, 4) is 0 Å². The Hall–Kier alpha value is -2.62. The number of benzene rings is 2. The van der Waals surface area contributed by atoms with Crippen molar-refractivity contribution in [1.29, 1.82) is 0 Å². The topological polar surface area (TPSA) is 74.6 Å². The van der Waals surface area contributed by atoms with Crippen molar-refractivity contribution in [3.05, 3.63) is 71.8 Å². The minimum Gasteiger partial charge on any atom is -0.481 e. The third-order valence-electron chi connectivity index (χ3n) is 4.34. The highest BCUT2D eigenvalue weighted by molar-refractivity contribution is 5.86. The summed E-state index contributed by atoms with van der Waals surface area (Å²) in [7, 11) is 0. The molecule has 2 N–H and O–H groups in total. The molecular weight excluding hydrogens is 304 g/mol. The molecule has 0 fully saturated rings. The van der Waals surface area contributed by atoms with Gasteiger partial charge in [-0.3, -0.25) is 9.59 Å². The molecule has 0 saturated heterocycles. The van der Waals surface area contributed by atoms with Crippen molar-refractivity contribution in [2.45, 2.75) is 37.5 Å². The molecule has 0 heterocycles. The van der Waals surface area contributed by atoms with E-state index in [9.17, 15) is 14.7 Å². The van der Waals surface area contributed by atoms with Gasteiger partial charge in [0.05, 0.1) is 0 Å². The van der Waals surface area contributed by atoms with Crippen molar-refractivity contribution in [2.75, 3.05) is 0 Å². The van der Waals surface area contributed by atoms with E-state index in [0.29, 0.717) is 25.7 Å². The first kappa shape index (κ1) is 17.7. The molecule has 24 heavy (non-hydrogen) atoms. The summed E-state index contributed by atoms with van der Waals surface area (Å²) in [4.78, 5) is 22.9. The summed E-state index contributed by atoms with van der Waals surface area (Å²) >= 11 is 0. The molecule has 0 aliphatic heterocycles. The summed E-state index contributed by atoms with van der Waals surface area (Å²) in [6.45, 7) is 0. The fourth-order valence-electron chi connectivity index (χ4n) is 3.10. The molecular formula is C20H22O4. The van der Waals surface area contributed by atoms with Gasteiger partial charge < -0.3 is 10.2 Å². The smallest absolute Gasteiger partial charge is 0.318 e. The second kappa shape index (κ2) is 8.29. The minimum atomic E-state index is -1.11. The van der Waals surface area contributed by atoms with Gasteiger partial charge in [-0.25, -0.2) is 0 Å². The van der Waals surface area contributed by atoms with E-state index in [1.807, 2.05) is 60.7 Å². The van der Waals surface area contributed by atoms with Gasteiger partial charge in [0.15, 0.2) is 0 Å². The maximum Gasteiger partial charge on any atom is 0.318 e. The molecule has 2 aromatic carbocycles. The Kier molecular flexibility index (Phi) is 6.13. The lowest BCUT2D eigenvalue weighted by Gasteiger charge is -2.31. The largest absolute Gasteiger partial charge is 0.481 e. The second-order valence-corrected chi connectivity index (χ2v) is 5.90. The fourth-order valence-corrected chi connectivity index (χ4v) is 3.10. The van der Waals surface area contributed by atoms with Crippen LogP contribution in [0.3, 0.4) is 0 Å². The molecule has 0 aliphatic rings. The Bertz CT molecular complexity index is 625. The highest BCUT2D eigenvalue weighted by atomic mass is 16.4. The molecule has 4 heteroatoms. The maximum atomic E-state index is 12.3. The van der Waals surface area contributed by atoms with E-state index < -0.39 is 17.4 Å². The molecule has 0 aliphatic carbocycles. The van der Waals surface area contributed by atoms with E-state index in [4.69, 9.17) is 5.11 Å². The van der Waals surface area contributed by atoms with E-state index in [2.05, 4.69) is 0 Å². The lowest BCUT2D eigenvalue weighted by Crippen LogP contribution is -2.37. The van der Waals surface area contributed by atoms with Crippen molar-refractivity contribution in [1.82, 2.24) is 0 Å². The summed E-state index contributed by atoms with van der Waals surface area (Å²) in [5.41, 5.74) is 0.398. The predicted octanol–water partition coefficient (Wildman–Crippen LogP) is 4.09. The summed E-state index contributed by atoms with van der Waals surface area (Å²) in [6.07, 6.45) is 2.48. The van der Waals surface area contributed by atoms with Crippen LogP contribution < -0.4 is 0 Å². The van der Waals surface area contributed by atoms with Crippen molar-refractivity contribution in [3.63, 3.8) is 0 Å². The second-order valence-electron chi connectivity index (χ2n) is 5.90. The molecule has 0 radical (unpaired) electrons. The van der Waals surface area contributed by atoms with Crippen LogP contribution in [-0.4, -0.2) is 22.2 Å². The van der Waals surface area contributed by atoms with Gasteiger partial charge in [0.2, 0.25) is 0 Å². The number of carboxylic acid groups (broad SMARTS) is 2. The zero-order valence-electron chi connectivity index (χ0n) is 13.5. The van der Waals surface area contributed by atoms with E-state index in [1.165, 1.54) is 0 Å². The van der Waals surface area contributed by atoms with Gasteiger partial charge in [-0.1, -0.05) is 73.5 Å². The van der Waals surface area contributed by atoms with Crippen molar-refractivity contribution in [2.24, 2.45) is 0 Å². The number of hydrogen-bond donors (Lipinski definition) is 2. The monoisotopic (exact) mass is 326 g/mol. The first-order valence-electron chi connectivity index (χ1n) is 8.13. The van der Waals surface area contributed by atoms with E-state index >= 15 is 0 Å². The first-order chi connectivity index (χ1) is 11.6. The standard InChI is InChI=1S/C20H22O4/c21-18(22)14-8-3-9-15-20(19(23)24,16-10-4-1-5-11-16)17-12-6-2-7-13-17/h1-2,4-7,10-13H,3,8-9,14-15H2,(H,21,22)(H,23,24). The Morgan fingerprint density at radius 1 is 0.750 bits per heavy atom. The normalized spacial score (nSPS) is 11.2. The molecule has 0 unspecified atom stereocenters. The van der Waals surface area contributed by atoms with Crippen LogP contribution in [0.2, 0.25) is 0 Å². The van der Waals surface area contributed by atoms with E-state index in [-0.39, 0.29) is 6.42 Å². The first-order valence-corrected chi connectivity index (χ1v) is 8.13. The molecule has 0 saturated carbocycles. The van der Waals surface area contributed by atoms with Gasteiger partial charge in [0, 0.05) is 6.42 Å². The number of unbranched alkanes of at least 4 members (excludes halogenated alkanes) is 2. The highest BCUT2D eigenvalue weighted by Crippen LogP contribution is 2.37. The summed E-state index contributed by atoms with van der Waals surface area (Å²) in [5.74, 6) is -1.69. The summed E-state index contributed by atoms with van der Waals surface area (Å²) < 4.78 is 0. The molecule has 4 nitrogen and oxygen atoms in total.